The van der Waals surface area contributed by atoms with E-state index in [2.05, 4.69) is 4.98 Å². The van der Waals surface area contributed by atoms with Crippen molar-refractivity contribution >= 4 is 21.6 Å². The zero-order chi connectivity index (χ0) is 13.2. The second-order valence-electron chi connectivity index (χ2n) is 4.55. The van der Waals surface area contributed by atoms with Gasteiger partial charge >= 0.3 is 0 Å². The summed E-state index contributed by atoms with van der Waals surface area (Å²) in [6, 6.07) is 5.84. The number of hydrogen-bond donors (Lipinski definition) is 2. The summed E-state index contributed by atoms with van der Waals surface area (Å²) in [4.78, 5) is 4.49. The maximum Gasteiger partial charge on any atom is 0.120 e. The van der Waals surface area contributed by atoms with E-state index in [1.807, 2.05) is 25.1 Å². The number of nitrogens with two attached hydrogens (primary N) is 1. The molecular weight excluding hydrogens is 248 g/mol. The summed E-state index contributed by atoms with van der Waals surface area (Å²) >= 11 is 1.57. The van der Waals surface area contributed by atoms with Gasteiger partial charge in [-0.1, -0.05) is 0 Å². The topological polar surface area (TPSA) is 68.4 Å². The number of benzene rings is 1. The lowest BCUT2D eigenvalue weighted by Crippen LogP contribution is -2.36. The lowest BCUT2D eigenvalue weighted by Gasteiger charge is -2.18. The standard InChI is InChI=1S/C13H18N2O2S/c1-3-17-9-4-5-10-11(6-9)18-12(15-10)7-13(2,16)8-14/h4-6,16H,3,7-8,14H2,1-2H3. The fraction of sp³-hybridized carbons (Fsp3) is 0.462. The van der Waals surface area contributed by atoms with Crippen LogP contribution in [0.4, 0.5) is 0 Å². The van der Waals surface area contributed by atoms with Crippen LogP contribution in [0.25, 0.3) is 10.2 Å². The number of thiazole rings is 1. The van der Waals surface area contributed by atoms with E-state index in [1.165, 1.54) is 0 Å². The minimum Gasteiger partial charge on any atom is -0.494 e. The van der Waals surface area contributed by atoms with Gasteiger partial charge in [-0.05, 0) is 32.0 Å². The fourth-order valence-corrected chi connectivity index (χ4v) is 2.86. The molecule has 0 spiro atoms. The molecule has 0 fully saturated rings. The highest BCUT2D eigenvalue weighted by atomic mass is 32.1. The van der Waals surface area contributed by atoms with Crippen molar-refractivity contribution in [2.75, 3.05) is 13.2 Å². The maximum atomic E-state index is 9.96. The molecule has 1 atom stereocenters. The predicted molar refractivity (Wildman–Crippen MR) is 74.2 cm³/mol. The molecule has 0 aliphatic carbocycles. The molecule has 98 valence electrons. The first-order valence-electron chi connectivity index (χ1n) is 5.99. The molecule has 0 radical (unpaired) electrons. The number of aliphatic hydroxyl groups is 1. The Labute approximate surface area is 110 Å². The van der Waals surface area contributed by atoms with Gasteiger partial charge in [0.05, 0.1) is 27.4 Å². The predicted octanol–water partition coefficient (Wildman–Crippen LogP) is 1.95. The summed E-state index contributed by atoms with van der Waals surface area (Å²) < 4.78 is 6.53. The summed E-state index contributed by atoms with van der Waals surface area (Å²) in [6.45, 7) is 4.57. The summed E-state index contributed by atoms with van der Waals surface area (Å²) in [5.74, 6) is 0.853. The second kappa shape index (κ2) is 5.22. The molecule has 18 heavy (non-hydrogen) atoms. The Hall–Kier alpha value is -1.17. The van der Waals surface area contributed by atoms with Gasteiger partial charge in [0.25, 0.3) is 0 Å². The first kappa shape index (κ1) is 13.3. The van der Waals surface area contributed by atoms with Gasteiger partial charge in [0.15, 0.2) is 0 Å². The zero-order valence-corrected chi connectivity index (χ0v) is 11.5. The van der Waals surface area contributed by atoms with Gasteiger partial charge in [-0.2, -0.15) is 0 Å². The average molecular weight is 266 g/mol. The van der Waals surface area contributed by atoms with Crippen LogP contribution >= 0.6 is 11.3 Å². The van der Waals surface area contributed by atoms with E-state index in [9.17, 15) is 5.11 Å². The molecule has 3 N–H and O–H groups in total. The molecule has 1 aromatic heterocycles. The molecule has 0 amide bonds. The number of ether oxygens (including phenoxy) is 1. The molecule has 1 unspecified atom stereocenters. The first-order valence-corrected chi connectivity index (χ1v) is 6.80. The number of aromatic nitrogens is 1. The minimum atomic E-state index is -0.892. The van der Waals surface area contributed by atoms with Crippen molar-refractivity contribution in [3.05, 3.63) is 23.2 Å². The van der Waals surface area contributed by atoms with E-state index in [4.69, 9.17) is 10.5 Å². The Bertz CT molecular complexity index is 537. The van der Waals surface area contributed by atoms with Crippen molar-refractivity contribution < 1.29 is 9.84 Å². The van der Waals surface area contributed by atoms with Crippen LogP contribution in [0.3, 0.4) is 0 Å². The van der Waals surface area contributed by atoms with Crippen LogP contribution in [-0.2, 0) is 6.42 Å². The average Bonchev–Trinajstić information content (AvgIpc) is 2.70. The van der Waals surface area contributed by atoms with Crippen molar-refractivity contribution in [1.82, 2.24) is 4.98 Å². The van der Waals surface area contributed by atoms with E-state index in [0.29, 0.717) is 13.0 Å². The van der Waals surface area contributed by atoms with Crippen molar-refractivity contribution in [3.8, 4) is 5.75 Å². The lowest BCUT2D eigenvalue weighted by atomic mass is 10.0. The third-order valence-corrected chi connectivity index (χ3v) is 3.71. The van der Waals surface area contributed by atoms with Crippen LogP contribution in [0.15, 0.2) is 18.2 Å². The molecule has 2 rings (SSSR count). The Kier molecular flexibility index (Phi) is 3.85. The molecule has 5 heteroatoms. The van der Waals surface area contributed by atoms with Gasteiger partial charge < -0.3 is 15.6 Å². The number of nitrogens with zero attached hydrogens (tertiary/aromatic N) is 1. The van der Waals surface area contributed by atoms with E-state index in [1.54, 1.807) is 18.3 Å². The molecular formula is C13H18N2O2S. The molecule has 0 saturated heterocycles. The monoisotopic (exact) mass is 266 g/mol. The van der Waals surface area contributed by atoms with E-state index in [-0.39, 0.29) is 6.54 Å². The zero-order valence-electron chi connectivity index (χ0n) is 10.6. The van der Waals surface area contributed by atoms with Gasteiger partial charge in [0.1, 0.15) is 5.75 Å². The summed E-state index contributed by atoms with van der Waals surface area (Å²) in [6.07, 6.45) is 0.479. The van der Waals surface area contributed by atoms with E-state index >= 15 is 0 Å². The van der Waals surface area contributed by atoms with Crippen LogP contribution in [0.5, 0.6) is 5.75 Å². The summed E-state index contributed by atoms with van der Waals surface area (Å²) in [5, 5.41) is 10.9. The highest BCUT2D eigenvalue weighted by Gasteiger charge is 2.21. The minimum absolute atomic E-state index is 0.229. The third-order valence-electron chi connectivity index (χ3n) is 2.69. The van der Waals surface area contributed by atoms with Gasteiger partial charge in [0.2, 0.25) is 0 Å². The van der Waals surface area contributed by atoms with E-state index in [0.717, 1.165) is 21.0 Å². The van der Waals surface area contributed by atoms with Crippen molar-refractivity contribution in [2.24, 2.45) is 5.73 Å². The molecule has 0 saturated carbocycles. The number of hydrogen-bond acceptors (Lipinski definition) is 5. The molecule has 0 aliphatic rings. The molecule has 1 heterocycles. The highest BCUT2D eigenvalue weighted by Crippen LogP contribution is 2.28. The number of fused-ring (bicyclic) bond motifs is 1. The van der Waals surface area contributed by atoms with Crippen molar-refractivity contribution in [1.29, 1.82) is 0 Å². The molecule has 0 aliphatic heterocycles. The van der Waals surface area contributed by atoms with Gasteiger partial charge in [0, 0.05) is 13.0 Å². The highest BCUT2D eigenvalue weighted by molar-refractivity contribution is 7.18. The van der Waals surface area contributed by atoms with Gasteiger partial charge in [-0.15, -0.1) is 11.3 Å². The summed E-state index contributed by atoms with van der Waals surface area (Å²) in [7, 11) is 0. The van der Waals surface area contributed by atoms with Crippen LogP contribution in [0.2, 0.25) is 0 Å². The van der Waals surface area contributed by atoms with Crippen molar-refractivity contribution in [3.63, 3.8) is 0 Å². The largest absolute Gasteiger partial charge is 0.494 e. The molecule has 2 aromatic rings. The van der Waals surface area contributed by atoms with Gasteiger partial charge in [-0.25, -0.2) is 4.98 Å². The fourth-order valence-electron chi connectivity index (χ4n) is 1.68. The molecule has 1 aromatic carbocycles. The Morgan fingerprint density at radius 2 is 2.28 bits per heavy atom. The number of rotatable bonds is 5. The molecule has 0 bridgehead atoms. The Morgan fingerprint density at radius 1 is 1.50 bits per heavy atom. The Morgan fingerprint density at radius 3 is 2.94 bits per heavy atom. The van der Waals surface area contributed by atoms with Gasteiger partial charge in [-0.3, -0.25) is 0 Å². The second-order valence-corrected chi connectivity index (χ2v) is 5.66. The van der Waals surface area contributed by atoms with Crippen LogP contribution in [0.1, 0.15) is 18.9 Å². The lowest BCUT2D eigenvalue weighted by molar-refractivity contribution is 0.0696. The Balaban J connectivity index is 2.27. The van der Waals surface area contributed by atoms with Crippen molar-refractivity contribution in [2.45, 2.75) is 25.9 Å². The smallest absolute Gasteiger partial charge is 0.120 e. The normalized spacial score (nSPS) is 14.7. The third kappa shape index (κ3) is 2.98. The van der Waals surface area contributed by atoms with E-state index < -0.39 is 5.60 Å². The quantitative estimate of drug-likeness (QED) is 0.868. The first-order chi connectivity index (χ1) is 8.54. The SMILES string of the molecule is CCOc1ccc2nc(CC(C)(O)CN)sc2c1. The summed E-state index contributed by atoms with van der Waals surface area (Å²) in [5.41, 5.74) is 5.56. The van der Waals surface area contributed by atoms with Crippen LogP contribution < -0.4 is 10.5 Å². The molecule has 4 nitrogen and oxygen atoms in total. The van der Waals surface area contributed by atoms with Crippen LogP contribution in [-0.4, -0.2) is 28.8 Å². The van der Waals surface area contributed by atoms with Crippen LogP contribution in [0, 0.1) is 0 Å². The maximum absolute atomic E-state index is 9.96.